The summed E-state index contributed by atoms with van der Waals surface area (Å²) in [5.74, 6) is -0.0993. The van der Waals surface area contributed by atoms with Crippen molar-refractivity contribution in [1.29, 1.82) is 0 Å². The van der Waals surface area contributed by atoms with E-state index in [0.29, 0.717) is 16.6 Å². The first-order valence-corrected chi connectivity index (χ1v) is 9.05. The number of hydrogen-bond acceptors (Lipinski definition) is 4. The summed E-state index contributed by atoms with van der Waals surface area (Å²) in [5.41, 5.74) is 2.73. The Hall–Kier alpha value is -2.18. The summed E-state index contributed by atoms with van der Waals surface area (Å²) in [7, 11) is 0. The average Bonchev–Trinajstić information content (AvgIpc) is 2.96. The van der Waals surface area contributed by atoms with Gasteiger partial charge in [0.1, 0.15) is 4.88 Å². The zero-order valence-electron chi connectivity index (χ0n) is 13.0. The first kappa shape index (κ1) is 16.7. The highest BCUT2D eigenvalue weighted by Gasteiger charge is 2.15. The van der Waals surface area contributed by atoms with Crippen molar-refractivity contribution < 1.29 is 4.79 Å². The molecule has 2 aromatic carbocycles. The molecule has 0 radical (unpaired) electrons. The predicted octanol–water partition coefficient (Wildman–Crippen LogP) is 4.89. The third-order valence-corrected chi connectivity index (χ3v) is 4.99. The van der Waals surface area contributed by atoms with Crippen molar-refractivity contribution in [1.82, 2.24) is 10.3 Å². The van der Waals surface area contributed by atoms with E-state index in [9.17, 15) is 4.79 Å². The highest BCUT2D eigenvalue weighted by Crippen LogP contribution is 2.26. The number of aryl methyl sites for hydroxylation is 1. The van der Waals surface area contributed by atoms with Crippen molar-refractivity contribution >= 4 is 44.0 Å². The molecule has 2 N–H and O–H groups in total. The molecular formula is C18H16BrN3OS. The Morgan fingerprint density at radius 1 is 1.12 bits per heavy atom. The fourth-order valence-electron chi connectivity index (χ4n) is 2.18. The van der Waals surface area contributed by atoms with Crippen molar-refractivity contribution in [2.45, 2.75) is 13.5 Å². The van der Waals surface area contributed by atoms with Crippen LogP contribution in [0.4, 0.5) is 10.8 Å². The fraction of sp³-hybridized carbons (Fsp3) is 0.111. The number of thiazole rings is 1. The van der Waals surface area contributed by atoms with Gasteiger partial charge in [-0.2, -0.15) is 0 Å². The molecular weight excluding hydrogens is 386 g/mol. The second kappa shape index (κ2) is 7.59. The van der Waals surface area contributed by atoms with Crippen LogP contribution in [0.5, 0.6) is 0 Å². The van der Waals surface area contributed by atoms with E-state index < -0.39 is 0 Å². The minimum Gasteiger partial charge on any atom is -0.347 e. The van der Waals surface area contributed by atoms with Crippen LogP contribution in [0.3, 0.4) is 0 Å². The molecule has 1 aromatic heterocycles. The van der Waals surface area contributed by atoms with Crippen LogP contribution in [0.15, 0.2) is 59.1 Å². The molecule has 0 bridgehead atoms. The van der Waals surface area contributed by atoms with E-state index in [0.717, 1.165) is 21.4 Å². The molecule has 0 fully saturated rings. The second-order valence-corrected chi connectivity index (χ2v) is 7.15. The molecule has 24 heavy (non-hydrogen) atoms. The number of benzene rings is 2. The summed E-state index contributed by atoms with van der Waals surface area (Å²) in [6.07, 6.45) is 0. The summed E-state index contributed by atoms with van der Waals surface area (Å²) in [6.45, 7) is 2.35. The first-order valence-electron chi connectivity index (χ1n) is 7.44. The highest BCUT2D eigenvalue weighted by molar-refractivity contribution is 9.10. The maximum Gasteiger partial charge on any atom is 0.263 e. The van der Waals surface area contributed by atoms with Gasteiger partial charge in [-0.1, -0.05) is 57.6 Å². The Kier molecular flexibility index (Phi) is 5.27. The number of carbonyl (C=O) groups excluding carboxylic acids is 1. The maximum absolute atomic E-state index is 12.4. The Balaban J connectivity index is 1.66. The molecule has 0 unspecified atom stereocenters. The van der Waals surface area contributed by atoms with Gasteiger partial charge in [0.05, 0.1) is 5.69 Å². The molecule has 0 atom stereocenters. The van der Waals surface area contributed by atoms with Gasteiger partial charge in [-0.25, -0.2) is 4.98 Å². The number of halogens is 1. The third kappa shape index (κ3) is 4.21. The average molecular weight is 402 g/mol. The van der Waals surface area contributed by atoms with Gasteiger partial charge >= 0.3 is 0 Å². The summed E-state index contributed by atoms with van der Waals surface area (Å²) in [4.78, 5) is 17.4. The summed E-state index contributed by atoms with van der Waals surface area (Å²) >= 11 is 4.76. The molecule has 0 aliphatic heterocycles. The number of aromatic nitrogens is 1. The lowest BCUT2D eigenvalue weighted by molar-refractivity contribution is 0.0954. The van der Waals surface area contributed by atoms with Crippen LogP contribution >= 0.6 is 27.3 Å². The molecule has 1 amide bonds. The predicted molar refractivity (Wildman–Crippen MR) is 102 cm³/mol. The number of nitrogens with zero attached hydrogens (tertiary/aromatic N) is 1. The first-order chi connectivity index (χ1) is 11.6. The van der Waals surface area contributed by atoms with Gasteiger partial charge in [-0.05, 0) is 36.8 Å². The van der Waals surface area contributed by atoms with Gasteiger partial charge in [-0.15, -0.1) is 0 Å². The van der Waals surface area contributed by atoms with E-state index >= 15 is 0 Å². The van der Waals surface area contributed by atoms with Crippen LogP contribution in [0.2, 0.25) is 0 Å². The number of nitrogens with one attached hydrogen (secondary N) is 2. The number of amides is 1. The zero-order valence-corrected chi connectivity index (χ0v) is 15.4. The lowest BCUT2D eigenvalue weighted by atomic mass is 10.2. The van der Waals surface area contributed by atoms with Gasteiger partial charge in [0.2, 0.25) is 0 Å². The number of anilines is 2. The van der Waals surface area contributed by atoms with Crippen molar-refractivity contribution in [3.05, 3.63) is 75.2 Å². The van der Waals surface area contributed by atoms with Crippen molar-refractivity contribution in [3.63, 3.8) is 0 Å². The van der Waals surface area contributed by atoms with E-state index in [2.05, 4.69) is 31.5 Å². The van der Waals surface area contributed by atoms with E-state index in [4.69, 9.17) is 0 Å². The molecule has 3 aromatic rings. The lowest BCUT2D eigenvalue weighted by Gasteiger charge is -2.04. The van der Waals surface area contributed by atoms with Crippen LogP contribution in [0.25, 0.3) is 0 Å². The van der Waals surface area contributed by atoms with E-state index in [1.807, 2.05) is 61.5 Å². The maximum atomic E-state index is 12.4. The largest absolute Gasteiger partial charge is 0.347 e. The minimum absolute atomic E-state index is 0.0993. The number of rotatable bonds is 5. The minimum atomic E-state index is -0.0993. The Morgan fingerprint density at radius 3 is 2.54 bits per heavy atom. The van der Waals surface area contributed by atoms with Crippen LogP contribution in [-0.4, -0.2) is 10.9 Å². The van der Waals surface area contributed by atoms with Crippen LogP contribution in [0, 0.1) is 6.92 Å². The standard InChI is InChI=1S/C18H16BrN3OS/c1-12-16(17(23)20-11-13-5-3-2-4-6-13)24-18(21-12)22-15-9-7-14(19)8-10-15/h2-10H,11H2,1H3,(H,20,23)(H,21,22). The monoisotopic (exact) mass is 401 g/mol. The van der Waals surface area contributed by atoms with Gasteiger partial charge < -0.3 is 10.6 Å². The molecule has 122 valence electrons. The quantitative estimate of drug-likeness (QED) is 0.639. The molecule has 1 heterocycles. The van der Waals surface area contributed by atoms with Crippen molar-refractivity contribution in [3.8, 4) is 0 Å². The smallest absolute Gasteiger partial charge is 0.263 e. The normalized spacial score (nSPS) is 10.4. The van der Waals surface area contributed by atoms with Gasteiger partial charge in [-0.3, -0.25) is 4.79 Å². The SMILES string of the molecule is Cc1nc(Nc2ccc(Br)cc2)sc1C(=O)NCc1ccccc1. The lowest BCUT2D eigenvalue weighted by Crippen LogP contribution is -2.22. The molecule has 6 heteroatoms. The van der Waals surface area contributed by atoms with Gasteiger partial charge in [0.25, 0.3) is 5.91 Å². The van der Waals surface area contributed by atoms with E-state index in [1.165, 1.54) is 11.3 Å². The third-order valence-electron chi connectivity index (χ3n) is 3.39. The van der Waals surface area contributed by atoms with Crippen molar-refractivity contribution in [2.24, 2.45) is 0 Å². The molecule has 0 spiro atoms. The number of hydrogen-bond donors (Lipinski definition) is 2. The van der Waals surface area contributed by atoms with E-state index in [1.54, 1.807) is 0 Å². The van der Waals surface area contributed by atoms with Gasteiger partial charge in [0.15, 0.2) is 5.13 Å². The molecule has 0 aliphatic carbocycles. The van der Waals surface area contributed by atoms with E-state index in [-0.39, 0.29) is 5.91 Å². The molecule has 0 aliphatic rings. The Labute approximate surface area is 153 Å². The van der Waals surface area contributed by atoms with Gasteiger partial charge in [0, 0.05) is 16.7 Å². The van der Waals surface area contributed by atoms with Crippen LogP contribution in [0.1, 0.15) is 20.9 Å². The molecule has 3 rings (SSSR count). The topological polar surface area (TPSA) is 54.0 Å². The molecule has 4 nitrogen and oxygen atoms in total. The number of carbonyl (C=O) groups is 1. The highest BCUT2D eigenvalue weighted by atomic mass is 79.9. The molecule has 0 saturated heterocycles. The zero-order chi connectivity index (χ0) is 16.9. The van der Waals surface area contributed by atoms with Crippen LogP contribution in [-0.2, 0) is 6.54 Å². The Morgan fingerprint density at radius 2 is 1.83 bits per heavy atom. The summed E-state index contributed by atoms with van der Waals surface area (Å²) < 4.78 is 1.02. The van der Waals surface area contributed by atoms with Crippen LogP contribution < -0.4 is 10.6 Å². The van der Waals surface area contributed by atoms with Crippen molar-refractivity contribution in [2.75, 3.05) is 5.32 Å². The second-order valence-electron chi connectivity index (χ2n) is 5.23. The molecule has 0 saturated carbocycles. The Bertz CT molecular complexity index is 831. The fourth-order valence-corrected chi connectivity index (χ4v) is 3.34. The summed E-state index contributed by atoms with van der Waals surface area (Å²) in [6, 6.07) is 17.7. The summed E-state index contributed by atoms with van der Waals surface area (Å²) in [5, 5.41) is 6.87.